The average Bonchev–Trinajstić information content (AvgIpc) is 3.22. The van der Waals surface area contributed by atoms with Crippen LogP contribution in [0.1, 0.15) is 31.7 Å². The van der Waals surface area contributed by atoms with Gasteiger partial charge in [-0.1, -0.05) is 34.1 Å². The maximum absolute atomic E-state index is 5.88. The van der Waals surface area contributed by atoms with E-state index in [1.807, 2.05) is 7.05 Å². The first-order valence-electron chi connectivity index (χ1n) is 9.04. The normalized spacial score (nSPS) is 23.3. The third kappa shape index (κ3) is 4.96. The Kier molecular flexibility index (Phi) is 6.36. The molecule has 2 aliphatic rings. The summed E-state index contributed by atoms with van der Waals surface area (Å²) >= 11 is 3.69. The fourth-order valence-electron chi connectivity index (χ4n) is 3.23. The van der Waals surface area contributed by atoms with Gasteiger partial charge in [-0.2, -0.15) is 0 Å². The van der Waals surface area contributed by atoms with Crippen LogP contribution in [0.15, 0.2) is 33.7 Å². The lowest BCUT2D eigenvalue weighted by molar-refractivity contribution is 0.0347. The van der Waals surface area contributed by atoms with Crippen LogP contribution in [0.4, 0.5) is 0 Å². The number of ether oxygens (including phenoxy) is 2. The zero-order valence-electron chi connectivity index (χ0n) is 15.1. The van der Waals surface area contributed by atoms with Crippen LogP contribution in [0.2, 0.25) is 0 Å². The second kappa shape index (κ2) is 8.52. The number of benzene rings is 1. The van der Waals surface area contributed by atoms with Crippen molar-refractivity contribution in [3.8, 4) is 0 Å². The summed E-state index contributed by atoms with van der Waals surface area (Å²) in [7, 11) is 1.81. The predicted molar refractivity (Wildman–Crippen MR) is 104 cm³/mol. The van der Waals surface area contributed by atoms with Crippen LogP contribution in [0, 0.1) is 0 Å². The minimum Gasteiger partial charge on any atom is -0.379 e. The van der Waals surface area contributed by atoms with Crippen LogP contribution >= 0.6 is 15.9 Å². The Morgan fingerprint density at radius 1 is 1.44 bits per heavy atom. The molecule has 1 heterocycles. The van der Waals surface area contributed by atoms with Gasteiger partial charge < -0.3 is 20.1 Å². The fourth-order valence-corrected chi connectivity index (χ4v) is 3.94. The van der Waals surface area contributed by atoms with Crippen molar-refractivity contribution in [3.05, 3.63) is 34.3 Å². The maximum Gasteiger partial charge on any atom is 0.191 e. The first-order chi connectivity index (χ1) is 12.1. The van der Waals surface area contributed by atoms with E-state index in [2.05, 4.69) is 62.7 Å². The molecule has 1 aromatic rings. The molecule has 5 nitrogen and oxygen atoms in total. The monoisotopic (exact) mass is 409 g/mol. The van der Waals surface area contributed by atoms with Gasteiger partial charge in [0, 0.05) is 36.1 Å². The van der Waals surface area contributed by atoms with Gasteiger partial charge in [-0.15, -0.1) is 0 Å². The number of rotatable bonds is 7. The van der Waals surface area contributed by atoms with Gasteiger partial charge in [0.05, 0.1) is 19.3 Å². The Balaban J connectivity index is 1.47. The van der Waals surface area contributed by atoms with Crippen LogP contribution in [0.5, 0.6) is 0 Å². The average molecular weight is 410 g/mol. The Labute approximate surface area is 158 Å². The van der Waals surface area contributed by atoms with E-state index in [0.717, 1.165) is 25.5 Å². The number of nitrogens with one attached hydrogen (secondary N) is 2. The van der Waals surface area contributed by atoms with E-state index in [1.165, 1.54) is 22.9 Å². The van der Waals surface area contributed by atoms with Gasteiger partial charge in [-0.25, -0.2) is 0 Å². The van der Waals surface area contributed by atoms with Crippen LogP contribution in [0.25, 0.3) is 0 Å². The second-order valence-corrected chi connectivity index (χ2v) is 7.90. The Hall–Kier alpha value is -1.11. The Bertz CT molecular complexity index is 598. The van der Waals surface area contributed by atoms with Crippen molar-refractivity contribution in [2.75, 3.05) is 33.4 Å². The lowest BCUT2D eigenvalue weighted by atomic mass is 9.96. The summed E-state index contributed by atoms with van der Waals surface area (Å²) in [4.78, 5) is 4.36. The summed E-state index contributed by atoms with van der Waals surface area (Å²) in [6.07, 6.45) is 3.65. The molecular weight excluding hydrogens is 382 g/mol. The van der Waals surface area contributed by atoms with Crippen LogP contribution < -0.4 is 10.6 Å². The highest BCUT2D eigenvalue weighted by Crippen LogP contribution is 2.49. The van der Waals surface area contributed by atoms with Crippen LogP contribution in [0.3, 0.4) is 0 Å². The molecule has 2 unspecified atom stereocenters. The Morgan fingerprint density at radius 2 is 2.24 bits per heavy atom. The smallest absolute Gasteiger partial charge is 0.191 e. The minimum absolute atomic E-state index is 0.199. The lowest BCUT2D eigenvalue weighted by Gasteiger charge is -2.23. The van der Waals surface area contributed by atoms with E-state index in [4.69, 9.17) is 9.47 Å². The maximum atomic E-state index is 5.88. The van der Waals surface area contributed by atoms with E-state index >= 15 is 0 Å². The van der Waals surface area contributed by atoms with Crippen molar-refractivity contribution < 1.29 is 9.47 Å². The molecule has 1 aliphatic carbocycles. The van der Waals surface area contributed by atoms with Gasteiger partial charge in [-0.05, 0) is 37.8 Å². The minimum atomic E-state index is 0.199. The number of guanidine groups is 1. The summed E-state index contributed by atoms with van der Waals surface area (Å²) in [5, 5.41) is 6.91. The van der Waals surface area contributed by atoms with Crippen molar-refractivity contribution in [2.45, 2.75) is 43.7 Å². The highest BCUT2D eigenvalue weighted by molar-refractivity contribution is 9.10. The summed E-state index contributed by atoms with van der Waals surface area (Å²) in [5.74, 6) is 0.831. The molecule has 2 atom stereocenters. The van der Waals surface area contributed by atoms with Crippen molar-refractivity contribution in [2.24, 2.45) is 4.99 Å². The predicted octanol–water partition coefficient (Wildman–Crippen LogP) is 2.84. The summed E-state index contributed by atoms with van der Waals surface area (Å²) in [6.45, 7) is 5.19. The molecule has 0 amide bonds. The molecule has 6 heteroatoms. The van der Waals surface area contributed by atoms with Crippen molar-refractivity contribution in [1.29, 1.82) is 0 Å². The Morgan fingerprint density at radius 3 is 2.88 bits per heavy atom. The first kappa shape index (κ1) is 18.7. The quantitative estimate of drug-likeness (QED) is 0.536. The molecule has 2 N–H and O–H groups in total. The number of halogens is 1. The highest BCUT2D eigenvalue weighted by Gasteiger charge is 2.45. The molecule has 3 rings (SSSR count). The molecule has 25 heavy (non-hydrogen) atoms. The first-order valence-corrected chi connectivity index (χ1v) is 9.84. The summed E-state index contributed by atoms with van der Waals surface area (Å²) < 4.78 is 12.4. The molecule has 1 saturated heterocycles. The molecule has 138 valence electrons. The van der Waals surface area contributed by atoms with E-state index in [1.54, 1.807) is 0 Å². The molecule has 0 radical (unpaired) electrons. The number of aliphatic imine (C=N–C) groups is 1. The van der Waals surface area contributed by atoms with Crippen molar-refractivity contribution in [1.82, 2.24) is 10.6 Å². The van der Waals surface area contributed by atoms with Gasteiger partial charge >= 0.3 is 0 Å². The van der Waals surface area contributed by atoms with Gasteiger partial charge in [-0.3, -0.25) is 4.99 Å². The number of hydrogen-bond acceptors (Lipinski definition) is 3. The molecule has 1 saturated carbocycles. The molecule has 1 aromatic carbocycles. The van der Waals surface area contributed by atoms with E-state index < -0.39 is 0 Å². The third-order valence-corrected chi connectivity index (χ3v) is 5.66. The topological polar surface area (TPSA) is 54.9 Å². The zero-order chi connectivity index (χ0) is 17.7. The molecule has 0 bridgehead atoms. The van der Waals surface area contributed by atoms with Gasteiger partial charge in [0.1, 0.15) is 0 Å². The molecule has 1 aliphatic heterocycles. The fraction of sp³-hybridized carbons (Fsp3) is 0.632. The van der Waals surface area contributed by atoms with Gasteiger partial charge in [0.15, 0.2) is 5.96 Å². The van der Waals surface area contributed by atoms with E-state index in [9.17, 15) is 0 Å². The van der Waals surface area contributed by atoms with E-state index in [-0.39, 0.29) is 17.6 Å². The van der Waals surface area contributed by atoms with Crippen LogP contribution in [-0.2, 0) is 14.9 Å². The molecular formula is C19H28BrN3O2. The lowest BCUT2D eigenvalue weighted by Crippen LogP contribution is -2.46. The standard InChI is InChI=1S/C19H28BrN3O2/c1-14(11-25-15-7-10-24-12-15)23-18(21-2)22-13-19(8-9-19)16-5-3-4-6-17(16)20/h3-6,14-15H,7-13H2,1-2H3,(H2,21,22,23). The SMILES string of the molecule is CN=C(NCC1(c2ccccc2Br)CC1)NC(C)COC1CCOC1. The summed E-state index contributed by atoms with van der Waals surface area (Å²) in [5.41, 5.74) is 1.61. The molecule has 2 fully saturated rings. The molecule has 0 spiro atoms. The van der Waals surface area contributed by atoms with E-state index in [0.29, 0.717) is 13.2 Å². The number of nitrogens with zero attached hydrogens (tertiary/aromatic N) is 1. The third-order valence-electron chi connectivity index (χ3n) is 4.97. The highest BCUT2D eigenvalue weighted by atomic mass is 79.9. The van der Waals surface area contributed by atoms with Crippen molar-refractivity contribution >= 4 is 21.9 Å². The number of hydrogen-bond donors (Lipinski definition) is 2. The van der Waals surface area contributed by atoms with Gasteiger partial charge in [0.2, 0.25) is 0 Å². The van der Waals surface area contributed by atoms with Crippen molar-refractivity contribution in [3.63, 3.8) is 0 Å². The summed E-state index contributed by atoms with van der Waals surface area (Å²) in [6, 6.07) is 8.71. The zero-order valence-corrected chi connectivity index (χ0v) is 16.6. The molecule has 0 aromatic heterocycles. The van der Waals surface area contributed by atoms with Crippen LogP contribution in [-0.4, -0.2) is 51.5 Å². The largest absolute Gasteiger partial charge is 0.379 e. The van der Waals surface area contributed by atoms with Gasteiger partial charge in [0.25, 0.3) is 0 Å². The second-order valence-electron chi connectivity index (χ2n) is 7.05.